The molecule has 0 aliphatic carbocycles. The molecule has 138 valence electrons. The zero-order chi connectivity index (χ0) is 18.5. The number of hydrogen-bond acceptors (Lipinski definition) is 4. The van der Waals surface area contributed by atoms with Gasteiger partial charge in [-0.1, -0.05) is 23.2 Å². The minimum atomic E-state index is -0.0544. The third-order valence-corrected chi connectivity index (χ3v) is 5.12. The van der Waals surface area contributed by atoms with Crippen molar-refractivity contribution in [3.8, 4) is 5.75 Å². The number of piperazine rings is 1. The summed E-state index contributed by atoms with van der Waals surface area (Å²) in [5.41, 5.74) is 1.83. The number of hydrogen-bond donors (Lipinski definition) is 1. The average molecular weight is 394 g/mol. The topological polar surface area (TPSA) is 44.8 Å². The van der Waals surface area contributed by atoms with Crippen LogP contribution in [0.25, 0.3) is 0 Å². The highest BCUT2D eigenvalue weighted by Crippen LogP contribution is 2.25. The van der Waals surface area contributed by atoms with Crippen molar-refractivity contribution in [1.82, 2.24) is 4.90 Å². The predicted molar refractivity (Wildman–Crippen MR) is 107 cm³/mol. The number of benzene rings is 2. The molecule has 0 saturated carbocycles. The number of halogens is 2. The first-order valence-corrected chi connectivity index (χ1v) is 9.17. The van der Waals surface area contributed by atoms with Crippen LogP contribution in [-0.4, -0.2) is 50.6 Å². The van der Waals surface area contributed by atoms with Gasteiger partial charge in [0.05, 0.1) is 23.7 Å². The number of methoxy groups -OCH3 is 1. The van der Waals surface area contributed by atoms with Crippen molar-refractivity contribution in [2.24, 2.45) is 0 Å². The summed E-state index contributed by atoms with van der Waals surface area (Å²) in [7, 11) is 1.66. The van der Waals surface area contributed by atoms with Gasteiger partial charge >= 0.3 is 0 Å². The average Bonchev–Trinajstić information content (AvgIpc) is 2.65. The summed E-state index contributed by atoms with van der Waals surface area (Å²) in [6.07, 6.45) is 0. The van der Waals surface area contributed by atoms with Crippen LogP contribution >= 0.6 is 23.2 Å². The third-order valence-electron chi connectivity index (χ3n) is 4.38. The molecule has 0 atom stereocenters. The van der Waals surface area contributed by atoms with Crippen molar-refractivity contribution in [3.05, 3.63) is 52.5 Å². The van der Waals surface area contributed by atoms with Crippen LogP contribution in [0, 0.1) is 0 Å². The van der Waals surface area contributed by atoms with E-state index in [0.29, 0.717) is 22.3 Å². The molecule has 1 amide bonds. The molecular weight excluding hydrogens is 373 g/mol. The number of carbonyl (C=O) groups is 1. The van der Waals surface area contributed by atoms with Gasteiger partial charge in [-0.05, 0) is 42.5 Å². The molecule has 1 fully saturated rings. The second-order valence-electron chi connectivity index (χ2n) is 6.14. The van der Waals surface area contributed by atoms with Gasteiger partial charge in [-0.3, -0.25) is 9.69 Å². The van der Waals surface area contributed by atoms with Crippen molar-refractivity contribution in [2.45, 2.75) is 0 Å². The van der Waals surface area contributed by atoms with Crippen LogP contribution in [0.5, 0.6) is 5.75 Å². The van der Waals surface area contributed by atoms with Gasteiger partial charge in [-0.25, -0.2) is 0 Å². The molecule has 1 saturated heterocycles. The zero-order valence-corrected chi connectivity index (χ0v) is 16.1. The molecule has 26 heavy (non-hydrogen) atoms. The van der Waals surface area contributed by atoms with Crippen LogP contribution < -0.4 is 15.0 Å². The Hall–Kier alpha value is -1.95. The maximum atomic E-state index is 12.2. The monoisotopic (exact) mass is 393 g/mol. The van der Waals surface area contributed by atoms with E-state index in [9.17, 15) is 4.79 Å². The van der Waals surface area contributed by atoms with E-state index in [1.807, 2.05) is 12.1 Å². The van der Waals surface area contributed by atoms with Gasteiger partial charge in [0, 0.05) is 37.6 Å². The molecule has 1 heterocycles. The Morgan fingerprint density at radius 3 is 2.35 bits per heavy atom. The normalized spacial score (nSPS) is 15.0. The van der Waals surface area contributed by atoms with Crippen LogP contribution in [0.3, 0.4) is 0 Å². The predicted octanol–water partition coefficient (Wildman–Crippen LogP) is 3.76. The Balaban J connectivity index is 1.48. The lowest BCUT2D eigenvalue weighted by Gasteiger charge is -2.35. The Labute approximate surface area is 163 Å². The molecule has 5 nitrogen and oxygen atoms in total. The summed E-state index contributed by atoms with van der Waals surface area (Å²) in [6, 6.07) is 13.1. The van der Waals surface area contributed by atoms with E-state index < -0.39 is 0 Å². The van der Waals surface area contributed by atoms with E-state index in [2.05, 4.69) is 27.2 Å². The molecule has 0 spiro atoms. The first-order valence-electron chi connectivity index (χ1n) is 8.41. The molecule has 7 heteroatoms. The van der Waals surface area contributed by atoms with E-state index in [1.54, 1.807) is 25.3 Å². The molecule has 2 aromatic carbocycles. The number of amides is 1. The summed E-state index contributed by atoms with van der Waals surface area (Å²) in [5, 5.41) is 3.76. The third kappa shape index (κ3) is 4.81. The SMILES string of the molecule is COc1ccc(N2CCN(CC(=O)Nc3ccc(Cl)c(Cl)c3)CC2)cc1. The molecule has 1 aliphatic heterocycles. The molecule has 1 aliphatic rings. The van der Waals surface area contributed by atoms with Crippen molar-refractivity contribution in [1.29, 1.82) is 0 Å². The van der Waals surface area contributed by atoms with Gasteiger partial charge in [0.2, 0.25) is 5.91 Å². The molecule has 2 aromatic rings. The number of ether oxygens (including phenoxy) is 1. The fourth-order valence-corrected chi connectivity index (χ4v) is 3.23. The lowest BCUT2D eigenvalue weighted by atomic mass is 10.2. The molecule has 0 bridgehead atoms. The van der Waals surface area contributed by atoms with Gasteiger partial charge in [0.25, 0.3) is 0 Å². The lowest BCUT2D eigenvalue weighted by Crippen LogP contribution is -2.48. The van der Waals surface area contributed by atoms with E-state index in [4.69, 9.17) is 27.9 Å². The standard InChI is InChI=1S/C19H21Cl2N3O2/c1-26-16-5-3-15(4-6-16)24-10-8-23(9-11-24)13-19(25)22-14-2-7-17(20)18(21)12-14/h2-7,12H,8-11,13H2,1H3,(H,22,25). The first kappa shape index (κ1) is 18.8. The van der Waals surface area contributed by atoms with E-state index >= 15 is 0 Å². The Bertz CT molecular complexity index is 760. The highest BCUT2D eigenvalue weighted by Gasteiger charge is 2.19. The van der Waals surface area contributed by atoms with Gasteiger partial charge in [0.15, 0.2) is 0 Å². The van der Waals surface area contributed by atoms with Crippen LogP contribution in [-0.2, 0) is 4.79 Å². The summed E-state index contributed by atoms with van der Waals surface area (Å²) in [6.45, 7) is 3.79. The Kier molecular flexibility index (Phi) is 6.25. The molecular formula is C19H21Cl2N3O2. The van der Waals surface area contributed by atoms with Crippen LogP contribution in [0.15, 0.2) is 42.5 Å². The highest BCUT2D eigenvalue weighted by atomic mass is 35.5. The molecule has 0 radical (unpaired) electrons. The smallest absolute Gasteiger partial charge is 0.238 e. The van der Waals surface area contributed by atoms with Gasteiger partial charge in [-0.15, -0.1) is 0 Å². The summed E-state index contributed by atoms with van der Waals surface area (Å²) in [4.78, 5) is 16.7. The quantitative estimate of drug-likeness (QED) is 0.839. The molecule has 3 rings (SSSR count). The molecule has 1 N–H and O–H groups in total. The summed E-state index contributed by atoms with van der Waals surface area (Å²) in [5.74, 6) is 0.799. The second-order valence-corrected chi connectivity index (χ2v) is 6.95. The lowest BCUT2D eigenvalue weighted by molar-refractivity contribution is -0.117. The van der Waals surface area contributed by atoms with Crippen molar-refractivity contribution in [2.75, 3.05) is 50.1 Å². The fraction of sp³-hybridized carbons (Fsp3) is 0.316. The van der Waals surface area contributed by atoms with Crippen molar-refractivity contribution in [3.63, 3.8) is 0 Å². The molecule has 0 unspecified atom stereocenters. The van der Waals surface area contributed by atoms with E-state index in [-0.39, 0.29) is 5.91 Å². The first-order chi connectivity index (χ1) is 12.5. The van der Waals surface area contributed by atoms with Crippen molar-refractivity contribution < 1.29 is 9.53 Å². The summed E-state index contributed by atoms with van der Waals surface area (Å²) >= 11 is 11.9. The van der Waals surface area contributed by atoms with E-state index in [0.717, 1.165) is 31.9 Å². The largest absolute Gasteiger partial charge is 0.497 e. The Morgan fingerprint density at radius 2 is 1.73 bits per heavy atom. The highest BCUT2D eigenvalue weighted by molar-refractivity contribution is 6.42. The number of carbonyl (C=O) groups excluding carboxylic acids is 1. The second kappa shape index (κ2) is 8.62. The number of rotatable bonds is 5. The summed E-state index contributed by atoms with van der Waals surface area (Å²) < 4.78 is 5.19. The van der Waals surface area contributed by atoms with Gasteiger partial charge in [0.1, 0.15) is 5.75 Å². The van der Waals surface area contributed by atoms with Crippen molar-refractivity contribution >= 4 is 40.5 Å². The maximum Gasteiger partial charge on any atom is 0.238 e. The number of nitrogens with zero attached hydrogens (tertiary/aromatic N) is 2. The van der Waals surface area contributed by atoms with E-state index in [1.165, 1.54) is 5.69 Å². The van der Waals surface area contributed by atoms with Gasteiger partial charge < -0.3 is 15.0 Å². The van der Waals surface area contributed by atoms with Gasteiger partial charge in [-0.2, -0.15) is 0 Å². The van der Waals surface area contributed by atoms with Crippen LogP contribution in [0.1, 0.15) is 0 Å². The van der Waals surface area contributed by atoms with Crippen LogP contribution in [0.4, 0.5) is 11.4 Å². The maximum absolute atomic E-state index is 12.2. The Morgan fingerprint density at radius 1 is 1.04 bits per heavy atom. The minimum Gasteiger partial charge on any atom is -0.497 e. The fourth-order valence-electron chi connectivity index (χ4n) is 2.93. The zero-order valence-electron chi connectivity index (χ0n) is 14.5. The van der Waals surface area contributed by atoms with Crippen LogP contribution in [0.2, 0.25) is 10.0 Å². The number of nitrogens with one attached hydrogen (secondary N) is 1. The minimum absolute atomic E-state index is 0.0544. The number of anilines is 2. The molecule has 0 aromatic heterocycles.